The fourth-order valence-electron chi connectivity index (χ4n) is 2.52. The number of hydrogen-bond acceptors (Lipinski definition) is 7. The highest BCUT2D eigenvalue weighted by Gasteiger charge is 2.35. The van der Waals surface area contributed by atoms with Gasteiger partial charge in [0.05, 0.1) is 11.7 Å². The van der Waals surface area contributed by atoms with E-state index in [9.17, 15) is 9.90 Å². The molecule has 0 fully saturated rings. The third-order valence-electron chi connectivity index (χ3n) is 3.49. The first-order valence-corrected chi connectivity index (χ1v) is 7.23. The highest BCUT2D eigenvalue weighted by atomic mass is 16.5. The Morgan fingerprint density at radius 3 is 2.70 bits per heavy atom. The summed E-state index contributed by atoms with van der Waals surface area (Å²) in [5.74, 6) is 0.164. The number of nitrogens with one attached hydrogen (secondary N) is 1. The van der Waals surface area contributed by atoms with E-state index in [1.54, 1.807) is 45.0 Å². The molecule has 2 N–H and O–H groups in total. The van der Waals surface area contributed by atoms with Gasteiger partial charge >= 0.3 is 5.97 Å². The Morgan fingerprint density at radius 2 is 2.04 bits per heavy atom. The van der Waals surface area contributed by atoms with E-state index in [1.807, 2.05) is 0 Å². The summed E-state index contributed by atoms with van der Waals surface area (Å²) >= 11 is 0. The number of aromatic nitrogens is 4. The molecular weight excluding hydrogens is 298 g/mol. The number of aromatic hydroxyl groups is 1. The molecule has 8 nitrogen and oxygen atoms in total. The Balaban J connectivity index is 2.10. The number of tetrazole rings is 1. The third kappa shape index (κ3) is 2.75. The summed E-state index contributed by atoms with van der Waals surface area (Å²) in [5.41, 5.74) is 1.84. The van der Waals surface area contributed by atoms with Crippen molar-refractivity contribution in [2.45, 2.75) is 32.9 Å². The lowest BCUT2D eigenvalue weighted by Gasteiger charge is -2.27. The Labute approximate surface area is 132 Å². The third-order valence-corrected chi connectivity index (χ3v) is 3.49. The molecule has 0 bridgehead atoms. The summed E-state index contributed by atoms with van der Waals surface area (Å²) in [7, 11) is 0. The van der Waals surface area contributed by atoms with E-state index in [2.05, 4.69) is 20.8 Å². The Morgan fingerprint density at radius 1 is 1.35 bits per heavy atom. The number of esters is 1. The molecule has 1 aliphatic heterocycles. The number of allylic oxidation sites excluding steroid dienone is 1. The van der Waals surface area contributed by atoms with Crippen molar-refractivity contribution >= 4 is 11.9 Å². The summed E-state index contributed by atoms with van der Waals surface area (Å²) in [4.78, 5) is 12.5. The van der Waals surface area contributed by atoms with Crippen molar-refractivity contribution in [2.75, 3.05) is 5.32 Å². The Bertz CT molecular complexity index is 764. The summed E-state index contributed by atoms with van der Waals surface area (Å²) in [6, 6.07) is 6.05. The van der Waals surface area contributed by atoms with Crippen LogP contribution in [0.3, 0.4) is 0 Å². The van der Waals surface area contributed by atoms with E-state index in [-0.39, 0.29) is 11.9 Å². The summed E-state index contributed by atoms with van der Waals surface area (Å²) in [5, 5.41) is 24.0. The average Bonchev–Trinajstić information content (AvgIpc) is 2.93. The molecule has 1 aliphatic rings. The molecule has 0 saturated carbocycles. The number of phenols is 1. The number of hydrogen-bond donors (Lipinski definition) is 2. The monoisotopic (exact) mass is 315 g/mol. The van der Waals surface area contributed by atoms with Crippen molar-refractivity contribution in [2.24, 2.45) is 0 Å². The molecular formula is C15H17N5O3. The number of nitrogens with zero attached hydrogens (tertiary/aromatic N) is 4. The normalized spacial score (nSPS) is 17.0. The number of ether oxygens (including phenoxy) is 1. The number of anilines is 1. The molecule has 120 valence electrons. The number of fused-ring (bicyclic) bond motifs is 1. The smallest absolute Gasteiger partial charge is 0.338 e. The largest absolute Gasteiger partial charge is 0.508 e. The maximum Gasteiger partial charge on any atom is 0.338 e. The second-order valence-corrected chi connectivity index (χ2v) is 5.56. The summed E-state index contributed by atoms with van der Waals surface area (Å²) in [6.07, 6.45) is -0.237. The Kier molecular flexibility index (Phi) is 3.73. The van der Waals surface area contributed by atoms with Gasteiger partial charge in [-0.1, -0.05) is 17.2 Å². The first kappa shape index (κ1) is 15.0. The van der Waals surface area contributed by atoms with Gasteiger partial charge in [0.25, 0.3) is 0 Å². The van der Waals surface area contributed by atoms with Crippen molar-refractivity contribution in [1.29, 1.82) is 0 Å². The van der Waals surface area contributed by atoms with Crippen LogP contribution in [-0.4, -0.2) is 37.4 Å². The average molecular weight is 315 g/mol. The van der Waals surface area contributed by atoms with Gasteiger partial charge in [-0.25, -0.2) is 4.79 Å². The first-order chi connectivity index (χ1) is 11.0. The number of benzene rings is 1. The second kappa shape index (κ2) is 5.71. The van der Waals surface area contributed by atoms with Crippen LogP contribution in [0.2, 0.25) is 0 Å². The maximum atomic E-state index is 12.5. The van der Waals surface area contributed by atoms with Crippen LogP contribution in [0.15, 0.2) is 35.5 Å². The van der Waals surface area contributed by atoms with Crippen LogP contribution in [0.25, 0.3) is 0 Å². The van der Waals surface area contributed by atoms with Crippen molar-refractivity contribution in [3.8, 4) is 5.75 Å². The second-order valence-electron chi connectivity index (χ2n) is 5.56. The van der Waals surface area contributed by atoms with E-state index in [0.29, 0.717) is 17.2 Å². The number of carbonyl (C=O) groups is 1. The molecule has 0 radical (unpaired) electrons. The van der Waals surface area contributed by atoms with Crippen LogP contribution < -0.4 is 5.32 Å². The fraction of sp³-hybridized carbons (Fsp3) is 0.333. The first-order valence-electron chi connectivity index (χ1n) is 7.23. The van der Waals surface area contributed by atoms with Gasteiger partial charge in [-0.3, -0.25) is 0 Å². The molecule has 8 heteroatoms. The van der Waals surface area contributed by atoms with Crippen molar-refractivity contribution in [3.05, 3.63) is 41.1 Å². The van der Waals surface area contributed by atoms with E-state index >= 15 is 0 Å². The predicted octanol–water partition coefficient (Wildman–Crippen LogP) is 1.62. The van der Waals surface area contributed by atoms with Crippen LogP contribution >= 0.6 is 0 Å². The number of rotatable bonds is 3. The Hall–Kier alpha value is -2.90. The van der Waals surface area contributed by atoms with Gasteiger partial charge in [0, 0.05) is 5.70 Å². The SMILES string of the molecule is CC1=C(C(=O)OC(C)C)C(c2ccc(O)cc2)n2nnnc2N1. The van der Waals surface area contributed by atoms with Gasteiger partial charge in [0.2, 0.25) is 5.95 Å². The zero-order valence-electron chi connectivity index (χ0n) is 13.0. The van der Waals surface area contributed by atoms with Crippen LogP contribution in [0.1, 0.15) is 32.4 Å². The maximum absolute atomic E-state index is 12.5. The van der Waals surface area contributed by atoms with Gasteiger partial charge in [-0.05, 0) is 48.9 Å². The minimum absolute atomic E-state index is 0.145. The molecule has 1 atom stereocenters. The van der Waals surface area contributed by atoms with Gasteiger partial charge in [-0.15, -0.1) is 0 Å². The molecule has 0 amide bonds. The molecule has 0 saturated heterocycles. The minimum atomic E-state index is -0.520. The topological polar surface area (TPSA) is 102 Å². The molecule has 2 heterocycles. The molecule has 1 aromatic carbocycles. The van der Waals surface area contributed by atoms with Crippen molar-refractivity contribution in [3.63, 3.8) is 0 Å². The molecule has 1 unspecified atom stereocenters. The van der Waals surface area contributed by atoms with Gasteiger partial charge < -0.3 is 15.2 Å². The lowest BCUT2D eigenvalue weighted by atomic mass is 9.95. The minimum Gasteiger partial charge on any atom is -0.508 e. The van der Waals surface area contributed by atoms with Crippen molar-refractivity contribution < 1.29 is 14.6 Å². The lowest BCUT2D eigenvalue weighted by molar-refractivity contribution is -0.143. The van der Waals surface area contributed by atoms with Crippen molar-refractivity contribution in [1.82, 2.24) is 20.2 Å². The van der Waals surface area contributed by atoms with Crippen LogP contribution in [-0.2, 0) is 9.53 Å². The quantitative estimate of drug-likeness (QED) is 0.830. The molecule has 0 spiro atoms. The highest BCUT2D eigenvalue weighted by molar-refractivity contribution is 5.92. The summed E-state index contributed by atoms with van der Waals surface area (Å²) < 4.78 is 6.88. The van der Waals surface area contributed by atoms with Crippen LogP contribution in [0.4, 0.5) is 5.95 Å². The van der Waals surface area contributed by atoms with E-state index < -0.39 is 12.0 Å². The number of phenolic OH excluding ortho intramolecular Hbond substituents is 1. The van der Waals surface area contributed by atoms with E-state index in [0.717, 1.165) is 5.56 Å². The predicted molar refractivity (Wildman–Crippen MR) is 81.6 cm³/mol. The molecule has 1 aromatic heterocycles. The zero-order chi connectivity index (χ0) is 16.6. The molecule has 2 aromatic rings. The standard InChI is InChI=1S/C15H17N5O3/c1-8(2)23-14(22)12-9(3)16-15-17-18-19-20(15)13(12)10-4-6-11(21)7-5-10/h4-8,13,21H,1-3H3,(H,16,17,19). The van der Waals surface area contributed by atoms with E-state index in [1.165, 1.54) is 4.68 Å². The van der Waals surface area contributed by atoms with Gasteiger partial charge in [0.15, 0.2) is 0 Å². The fourth-order valence-corrected chi connectivity index (χ4v) is 2.52. The van der Waals surface area contributed by atoms with Crippen LogP contribution in [0, 0.1) is 0 Å². The lowest BCUT2D eigenvalue weighted by Crippen LogP contribution is -2.30. The summed E-state index contributed by atoms with van der Waals surface area (Å²) in [6.45, 7) is 5.37. The van der Waals surface area contributed by atoms with Crippen LogP contribution in [0.5, 0.6) is 5.75 Å². The van der Waals surface area contributed by atoms with Gasteiger partial charge in [0.1, 0.15) is 11.8 Å². The zero-order valence-corrected chi connectivity index (χ0v) is 13.0. The highest BCUT2D eigenvalue weighted by Crippen LogP contribution is 2.35. The molecule has 3 rings (SSSR count). The molecule has 0 aliphatic carbocycles. The number of carbonyl (C=O) groups excluding carboxylic acids is 1. The van der Waals surface area contributed by atoms with E-state index in [4.69, 9.17) is 4.74 Å². The van der Waals surface area contributed by atoms with Gasteiger partial charge in [-0.2, -0.15) is 4.68 Å². The molecule has 23 heavy (non-hydrogen) atoms.